The summed E-state index contributed by atoms with van der Waals surface area (Å²) in [5, 5.41) is 0. The molecular weight excluding hydrogens is 1840 g/mol. The third-order valence-corrected chi connectivity index (χ3v) is 22.6. The first kappa shape index (κ1) is 80.5. The van der Waals surface area contributed by atoms with E-state index < -0.39 is 0 Å². The SMILES string of the molecule is Cc1cc[c-]c(-c2ccc(-c3ccccc3-c3cc(-c4ccccc4-c4ccc(-c5[c-]ccc(C)c5)nc4)cc(-c4ccccc4-c4c[c-]c(-c5ccnc(-c6[c-]cc(-c7ccccc7-c7cc(-c8ccccc8-c8ccc(-c9[c-]ccc(C)c9)nc8)cc(-c8ccccc8-c8ccc(-c9[c-]ccc(C)c9)nc8)c7)c(C)c6)n5)cc4C)c3)cn2)c1.[Ir+3].[Ir+3]. The first-order chi connectivity index (χ1) is 58.9. The molecule has 0 spiro atoms. The second-order valence-electron chi connectivity index (χ2n) is 30.9. The molecule has 0 fully saturated rings. The van der Waals surface area contributed by atoms with Gasteiger partial charge < -0.3 is 24.9 Å². The zero-order valence-electron chi connectivity index (χ0n) is 68.0. The first-order valence-corrected chi connectivity index (χ1v) is 40.5. The Morgan fingerprint density at radius 1 is 0.197 bits per heavy atom. The first-order valence-electron chi connectivity index (χ1n) is 40.5. The molecule has 122 heavy (non-hydrogen) atoms. The smallest absolute Gasteiger partial charge is 0.327 e. The van der Waals surface area contributed by atoms with Gasteiger partial charge in [0.2, 0.25) is 0 Å². The van der Waals surface area contributed by atoms with Crippen molar-refractivity contribution in [3.63, 3.8) is 0 Å². The van der Waals surface area contributed by atoms with Crippen molar-refractivity contribution in [2.45, 2.75) is 41.5 Å². The van der Waals surface area contributed by atoms with Crippen LogP contribution in [0.25, 0.3) is 201 Å². The summed E-state index contributed by atoms with van der Waals surface area (Å²) in [7, 11) is 0. The standard InChI is InChI=1S/C114H78N6.2Ir/c1-73-23-19-27-79(57-73)109-51-45-85(69-116-109)97-31-7-11-35-101(97)89-63-90(102-36-12-8-32-98(102)86-46-52-110(117-70-86)80-28-20-24-74(2)58-80)66-93(65-89)105-39-15-17-41-107(105)95-49-43-83(61-77(95)5)113-55-56-115-114(120-113)84-44-50-96(78(6)62-84)108-42-18-16-40-106(108)94-67-91(103-37-13-9-33-99(103)87-47-53-111(118-71-87)81-29-21-25-75(3)59-81)64-92(68-94)104-38-14-10-34-100(104)88-48-54-112(119-72-88)82-30-22-26-76(4)60-82;;/h7-26,31-42,45-72H,1-6H3;;/q-6;2*+3. The van der Waals surface area contributed by atoms with Gasteiger partial charge in [-0.25, -0.2) is 0 Å². The number of hydrogen-bond acceptors (Lipinski definition) is 6. The monoisotopic (exact) mass is 1920 g/mol. The maximum Gasteiger partial charge on any atom is 3.00 e. The number of aromatic nitrogens is 6. The Kier molecular flexibility index (Phi) is 23.4. The molecule has 0 aliphatic carbocycles. The van der Waals surface area contributed by atoms with Gasteiger partial charge in [-0.05, 0) is 176 Å². The van der Waals surface area contributed by atoms with Crippen LogP contribution in [0.5, 0.6) is 0 Å². The van der Waals surface area contributed by atoms with E-state index in [9.17, 15) is 0 Å². The van der Waals surface area contributed by atoms with Crippen molar-refractivity contribution in [1.82, 2.24) is 29.9 Å². The van der Waals surface area contributed by atoms with Gasteiger partial charge in [0.15, 0.2) is 0 Å². The van der Waals surface area contributed by atoms with E-state index in [1.807, 2.05) is 61.3 Å². The van der Waals surface area contributed by atoms with Crippen LogP contribution < -0.4 is 0 Å². The fourth-order valence-corrected chi connectivity index (χ4v) is 16.5. The van der Waals surface area contributed by atoms with Gasteiger partial charge in [0, 0.05) is 31.0 Å². The van der Waals surface area contributed by atoms with E-state index >= 15 is 0 Å². The second kappa shape index (κ2) is 35.5. The molecule has 0 aliphatic heterocycles. The molecule has 0 radical (unpaired) electrons. The minimum atomic E-state index is 0. The van der Waals surface area contributed by atoms with Crippen molar-refractivity contribution in [3.05, 3.63) is 434 Å². The Labute approximate surface area is 741 Å². The largest absolute Gasteiger partial charge is 3.00 e. The van der Waals surface area contributed by atoms with Crippen LogP contribution >= 0.6 is 0 Å². The summed E-state index contributed by atoms with van der Waals surface area (Å²) >= 11 is 0. The molecule has 19 rings (SSSR count). The summed E-state index contributed by atoms with van der Waals surface area (Å²) in [6.07, 6.45) is 9.80. The fraction of sp³-hybridized carbons (Fsp3) is 0.0526. The van der Waals surface area contributed by atoms with Gasteiger partial charge in [-0.2, -0.15) is 0 Å². The molecule has 0 atom stereocenters. The molecule has 0 N–H and O–H groups in total. The summed E-state index contributed by atoms with van der Waals surface area (Å²) in [4.78, 5) is 30.3. The van der Waals surface area contributed by atoms with Crippen molar-refractivity contribution >= 4 is 0 Å². The Balaban J connectivity index is 0.00000529. The van der Waals surface area contributed by atoms with E-state index in [1.54, 1.807) is 0 Å². The van der Waals surface area contributed by atoms with Crippen LogP contribution in [0.3, 0.4) is 0 Å². The molecule has 0 aliphatic rings. The summed E-state index contributed by atoms with van der Waals surface area (Å²) in [5.41, 5.74) is 42.2. The molecule has 5 heterocycles. The van der Waals surface area contributed by atoms with E-state index in [2.05, 4.69) is 381 Å². The van der Waals surface area contributed by atoms with Crippen LogP contribution in [0.15, 0.2) is 365 Å². The Bertz CT molecular complexity index is 6370. The minimum Gasteiger partial charge on any atom is -0.327 e. The molecule has 582 valence electrons. The number of hydrogen-bond donors (Lipinski definition) is 0. The van der Waals surface area contributed by atoms with Crippen LogP contribution in [-0.4, -0.2) is 29.9 Å². The number of pyridine rings is 4. The Morgan fingerprint density at radius 3 is 0.705 bits per heavy atom. The van der Waals surface area contributed by atoms with Crippen molar-refractivity contribution in [3.8, 4) is 201 Å². The van der Waals surface area contributed by atoms with Gasteiger partial charge in [0.05, 0.1) is 5.82 Å². The molecule has 0 unspecified atom stereocenters. The van der Waals surface area contributed by atoms with Crippen LogP contribution in [0.1, 0.15) is 33.4 Å². The fourth-order valence-electron chi connectivity index (χ4n) is 16.5. The summed E-state index contributed by atoms with van der Waals surface area (Å²) < 4.78 is 0. The van der Waals surface area contributed by atoms with Gasteiger partial charge in [-0.1, -0.05) is 264 Å². The van der Waals surface area contributed by atoms with Crippen molar-refractivity contribution < 1.29 is 40.2 Å². The van der Waals surface area contributed by atoms with E-state index in [0.29, 0.717) is 5.82 Å². The van der Waals surface area contributed by atoms with Crippen LogP contribution in [0.4, 0.5) is 0 Å². The molecule has 0 amide bonds. The summed E-state index contributed by atoms with van der Waals surface area (Å²) in [6.45, 7) is 12.7. The summed E-state index contributed by atoms with van der Waals surface area (Å²) in [6, 6.07) is 139. The van der Waals surface area contributed by atoms with Gasteiger partial charge >= 0.3 is 40.2 Å². The number of benzene rings is 14. The minimum absolute atomic E-state index is 0. The molecule has 0 saturated heterocycles. The number of nitrogens with zero attached hydrogens (tertiary/aromatic N) is 6. The van der Waals surface area contributed by atoms with E-state index in [1.165, 1.54) is 22.3 Å². The topological polar surface area (TPSA) is 77.3 Å². The number of aryl methyl sites for hydroxylation is 6. The van der Waals surface area contributed by atoms with Crippen LogP contribution in [0.2, 0.25) is 0 Å². The molecule has 0 saturated carbocycles. The van der Waals surface area contributed by atoms with E-state index in [4.69, 9.17) is 29.9 Å². The third-order valence-electron chi connectivity index (χ3n) is 22.6. The van der Waals surface area contributed by atoms with Gasteiger partial charge in [0.1, 0.15) is 0 Å². The van der Waals surface area contributed by atoms with Gasteiger partial charge in [-0.3, -0.25) is 4.98 Å². The Morgan fingerprint density at radius 2 is 0.443 bits per heavy atom. The maximum atomic E-state index is 5.29. The number of rotatable bonds is 18. The van der Waals surface area contributed by atoms with Gasteiger partial charge in [-0.15, -0.1) is 200 Å². The molecular formula is C114H78Ir2N6. The Hall–Kier alpha value is -13.9. The zero-order chi connectivity index (χ0) is 81.2. The van der Waals surface area contributed by atoms with Crippen LogP contribution in [0, 0.1) is 77.9 Å². The zero-order valence-corrected chi connectivity index (χ0v) is 72.8. The normalized spacial score (nSPS) is 11.1. The van der Waals surface area contributed by atoms with Crippen molar-refractivity contribution in [2.75, 3.05) is 0 Å². The van der Waals surface area contributed by atoms with Crippen molar-refractivity contribution in [1.29, 1.82) is 0 Å². The van der Waals surface area contributed by atoms with Crippen LogP contribution in [-0.2, 0) is 40.2 Å². The molecule has 8 heteroatoms. The molecule has 19 aromatic rings. The second-order valence-corrected chi connectivity index (χ2v) is 30.9. The van der Waals surface area contributed by atoms with Crippen molar-refractivity contribution in [2.24, 2.45) is 0 Å². The van der Waals surface area contributed by atoms with E-state index in [-0.39, 0.29) is 40.2 Å². The molecule has 14 aromatic carbocycles. The molecule has 6 nitrogen and oxygen atoms in total. The predicted octanol–water partition coefficient (Wildman–Crippen LogP) is 28.7. The quantitative estimate of drug-likeness (QED) is 0.0797. The molecule has 5 aromatic heterocycles. The summed E-state index contributed by atoms with van der Waals surface area (Å²) in [5.74, 6) is 0.574. The average molecular weight is 1920 g/mol. The average Bonchev–Trinajstić information content (AvgIpc) is 0.767. The maximum absolute atomic E-state index is 5.29. The predicted molar refractivity (Wildman–Crippen MR) is 492 cm³/mol. The third kappa shape index (κ3) is 16.8. The van der Waals surface area contributed by atoms with Gasteiger partial charge in [0.25, 0.3) is 0 Å². The molecule has 0 bridgehead atoms. The van der Waals surface area contributed by atoms with E-state index in [0.717, 1.165) is 207 Å².